The van der Waals surface area contributed by atoms with Crippen LogP contribution in [0.4, 0.5) is 0 Å². The lowest BCUT2D eigenvalue weighted by molar-refractivity contribution is 0.0202. The molecule has 0 radical (unpaired) electrons. The maximum Gasteiger partial charge on any atom is 0.0628 e. The number of piperidine rings is 1. The van der Waals surface area contributed by atoms with Crippen molar-refractivity contribution in [2.45, 2.75) is 50.7 Å². The molecule has 1 saturated heterocycles. The largest absolute Gasteiger partial charge is 0.394 e. The number of likely N-dealkylation sites (tertiary alicyclic amines) is 1. The molecule has 1 aliphatic carbocycles. The Balaban J connectivity index is 1.88. The summed E-state index contributed by atoms with van der Waals surface area (Å²) in [7, 11) is 1.81. The maximum atomic E-state index is 9.93. The first-order chi connectivity index (χ1) is 9.24. The zero-order valence-corrected chi connectivity index (χ0v) is 12.5. The Bertz CT molecular complexity index is 263. The molecule has 1 atom stereocenters. The maximum absolute atomic E-state index is 9.93. The number of hydrogen-bond acceptors (Lipinski definition) is 4. The van der Waals surface area contributed by atoms with Gasteiger partial charge in [-0.1, -0.05) is 6.92 Å². The zero-order chi connectivity index (χ0) is 13.7. The van der Waals surface area contributed by atoms with Crippen molar-refractivity contribution in [2.24, 2.45) is 5.92 Å². The van der Waals surface area contributed by atoms with E-state index in [4.69, 9.17) is 4.74 Å². The Labute approximate surface area is 117 Å². The topological polar surface area (TPSA) is 44.7 Å². The van der Waals surface area contributed by atoms with Crippen molar-refractivity contribution >= 4 is 0 Å². The van der Waals surface area contributed by atoms with Crippen LogP contribution in [0.5, 0.6) is 0 Å². The minimum atomic E-state index is -0.0596. The van der Waals surface area contributed by atoms with E-state index in [1.165, 1.54) is 12.8 Å². The van der Waals surface area contributed by atoms with E-state index in [2.05, 4.69) is 17.1 Å². The van der Waals surface area contributed by atoms with Crippen molar-refractivity contribution in [3.05, 3.63) is 0 Å². The quantitative estimate of drug-likeness (QED) is 0.696. The number of aliphatic hydroxyl groups is 1. The Kier molecular flexibility index (Phi) is 5.63. The molecule has 4 nitrogen and oxygen atoms in total. The zero-order valence-electron chi connectivity index (χ0n) is 12.5. The molecule has 4 heteroatoms. The fourth-order valence-corrected chi connectivity index (χ4v) is 3.28. The predicted octanol–water partition coefficient (Wildman–Crippen LogP) is 1.24. The minimum Gasteiger partial charge on any atom is -0.394 e. The normalized spacial score (nSPS) is 25.4. The van der Waals surface area contributed by atoms with E-state index in [-0.39, 0.29) is 12.1 Å². The molecule has 2 fully saturated rings. The van der Waals surface area contributed by atoms with Gasteiger partial charge in [0.2, 0.25) is 0 Å². The summed E-state index contributed by atoms with van der Waals surface area (Å²) in [5.41, 5.74) is -0.0596. The lowest BCUT2D eigenvalue weighted by Gasteiger charge is -2.41. The van der Waals surface area contributed by atoms with Gasteiger partial charge in [-0.25, -0.2) is 0 Å². The Morgan fingerprint density at radius 3 is 2.42 bits per heavy atom. The van der Waals surface area contributed by atoms with Crippen LogP contribution in [0.1, 0.15) is 39.0 Å². The smallest absolute Gasteiger partial charge is 0.0628 e. The van der Waals surface area contributed by atoms with E-state index in [9.17, 15) is 5.11 Å². The third kappa shape index (κ3) is 3.91. The van der Waals surface area contributed by atoms with E-state index in [1.807, 2.05) is 7.11 Å². The molecule has 2 N–H and O–H groups in total. The lowest BCUT2D eigenvalue weighted by Crippen LogP contribution is -2.59. The molecule has 0 amide bonds. The molecule has 0 aromatic carbocycles. The van der Waals surface area contributed by atoms with Crippen LogP contribution < -0.4 is 5.32 Å². The van der Waals surface area contributed by atoms with Crippen LogP contribution in [0.15, 0.2) is 0 Å². The molecule has 0 bridgehead atoms. The monoisotopic (exact) mass is 270 g/mol. The van der Waals surface area contributed by atoms with E-state index in [1.54, 1.807) is 0 Å². The van der Waals surface area contributed by atoms with Gasteiger partial charge in [-0.3, -0.25) is 0 Å². The second-order valence-corrected chi connectivity index (χ2v) is 6.23. The van der Waals surface area contributed by atoms with Gasteiger partial charge in [-0.15, -0.1) is 0 Å². The van der Waals surface area contributed by atoms with E-state index >= 15 is 0 Å². The summed E-state index contributed by atoms with van der Waals surface area (Å²) in [5.74, 6) is 0.671. The van der Waals surface area contributed by atoms with Crippen LogP contribution in [0.3, 0.4) is 0 Å². The average molecular weight is 270 g/mol. The predicted molar refractivity (Wildman–Crippen MR) is 77.3 cm³/mol. The van der Waals surface area contributed by atoms with Crippen molar-refractivity contribution in [3.8, 4) is 0 Å². The molecule has 1 heterocycles. The van der Waals surface area contributed by atoms with Crippen LogP contribution in [-0.4, -0.2) is 61.5 Å². The van der Waals surface area contributed by atoms with Crippen molar-refractivity contribution < 1.29 is 9.84 Å². The Morgan fingerprint density at radius 2 is 1.95 bits per heavy atom. The van der Waals surface area contributed by atoms with Crippen LogP contribution in [-0.2, 0) is 4.74 Å². The number of hydrogen-bond donors (Lipinski definition) is 2. The van der Waals surface area contributed by atoms with Crippen LogP contribution in [0, 0.1) is 5.92 Å². The van der Waals surface area contributed by atoms with Gasteiger partial charge in [0.15, 0.2) is 0 Å². The fraction of sp³-hybridized carbons (Fsp3) is 1.00. The van der Waals surface area contributed by atoms with Crippen molar-refractivity contribution in [1.82, 2.24) is 10.2 Å². The summed E-state index contributed by atoms with van der Waals surface area (Å²) in [6.07, 6.45) is 6.34. The first-order valence-electron chi connectivity index (χ1n) is 7.85. The first kappa shape index (κ1) is 15.2. The average Bonchev–Trinajstić information content (AvgIpc) is 3.29. The number of nitrogens with zero attached hydrogens (tertiary/aromatic N) is 1. The first-order valence-corrected chi connectivity index (χ1v) is 7.85. The number of aliphatic hydroxyl groups excluding tert-OH is 1. The second kappa shape index (κ2) is 7.02. The summed E-state index contributed by atoms with van der Waals surface area (Å²) in [6, 6.07) is 0. The highest BCUT2D eigenvalue weighted by Gasteiger charge is 2.45. The van der Waals surface area contributed by atoms with Crippen LogP contribution >= 0.6 is 0 Å². The van der Waals surface area contributed by atoms with Crippen LogP contribution in [0.2, 0.25) is 0 Å². The van der Waals surface area contributed by atoms with Gasteiger partial charge in [0.05, 0.1) is 18.2 Å². The number of nitrogens with one attached hydrogen (secondary N) is 1. The van der Waals surface area contributed by atoms with Gasteiger partial charge in [-0.05, 0) is 44.6 Å². The number of ether oxygens (including phenoxy) is 1. The summed E-state index contributed by atoms with van der Waals surface area (Å²) in [6.45, 7) is 6.64. The second-order valence-electron chi connectivity index (χ2n) is 6.23. The summed E-state index contributed by atoms with van der Waals surface area (Å²) in [4.78, 5) is 2.51. The van der Waals surface area contributed by atoms with Gasteiger partial charge < -0.3 is 20.1 Å². The molecule has 1 aliphatic heterocycles. The molecule has 1 saturated carbocycles. The highest BCUT2D eigenvalue weighted by atomic mass is 16.5. The molecule has 112 valence electrons. The highest BCUT2D eigenvalue weighted by Crippen LogP contribution is 2.40. The van der Waals surface area contributed by atoms with Gasteiger partial charge in [0.25, 0.3) is 0 Å². The van der Waals surface area contributed by atoms with Gasteiger partial charge in [0.1, 0.15) is 0 Å². The molecule has 2 rings (SSSR count). The summed E-state index contributed by atoms with van der Waals surface area (Å²) >= 11 is 0. The molecule has 2 aliphatic rings. The summed E-state index contributed by atoms with van der Waals surface area (Å²) in [5, 5.41) is 13.6. The van der Waals surface area contributed by atoms with E-state index < -0.39 is 0 Å². The lowest BCUT2D eigenvalue weighted by atomic mass is 9.92. The summed E-state index contributed by atoms with van der Waals surface area (Å²) < 4.78 is 5.43. The minimum absolute atomic E-state index is 0.0596. The van der Waals surface area contributed by atoms with E-state index in [0.29, 0.717) is 12.0 Å². The highest BCUT2D eigenvalue weighted by molar-refractivity contribution is 5.03. The third-order valence-corrected chi connectivity index (χ3v) is 4.74. The number of rotatable bonds is 8. The Hall–Kier alpha value is -0.160. The van der Waals surface area contributed by atoms with Gasteiger partial charge in [0, 0.05) is 26.7 Å². The van der Waals surface area contributed by atoms with E-state index in [0.717, 1.165) is 45.4 Å². The standard InChI is InChI=1S/C15H30N2O2/c1-3-8-16-15(12-18,13-4-5-13)11-17-9-6-14(19-2)7-10-17/h13-14,16,18H,3-12H2,1-2H3. The third-order valence-electron chi connectivity index (χ3n) is 4.74. The molecule has 19 heavy (non-hydrogen) atoms. The Morgan fingerprint density at radius 1 is 1.26 bits per heavy atom. The van der Waals surface area contributed by atoms with Crippen LogP contribution in [0.25, 0.3) is 0 Å². The molecule has 0 aromatic heterocycles. The molecular weight excluding hydrogens is 240 g/mol. The molecular formula is C15H30N2O2. The SMILES string of the molecule is CCCNC(CO)(CN1CCC(OC)CC1)C1CC1. The van der Waals surface area contributed by atoms with Gasteiger partial charge >= 0.3 is 0 Å². The fourth-order valence-electron chi connectivity index (χ4n) is 3.28. The van der Waals surface area contributed by atoms with Crippen molar-refractivity contribution in [2.75, 3.05) is 39.9 Å². The molecule has 0 spiro atoms. The van der Waals surface area contributed by atoms with Gasteiger partial charge in [-0.2, -0.15) is 0 Å². The molecule has 0 aromatic rings. The number of methoxy groups -OCH3 is 1. The van der Waals surface area contributed by atoms with Crippen molar-refractivity contribution in [1.29, 1.82) is 0 Å². The molecule has 1 unspecified atom stereocenters. The van der Waals surface area contributed by atoms with Crippen molar-refractivity contribution in [3.63, 3.8) is 0 Å².